The van der Waals surface area contributed by atoms with Crippen molar-refractivity contribution in [2.75, 3.05) is 5.32 Å². The van der Waals surface area contributed by atoms with Crippen LogP contribution in [-0.4, -0.2) is 15.8 Å². The van der Waals surface area contributed by atoms with Crippen LogP contribution in [0.3, 0.4) is 0 Å². The second-order valence-corrected chi connectivity index (χ2v) is 6.16. The van der Waals surface area contributed by atoms with E-state index in [-0.39, 0.29) is 16.3 Å². The second-order valence-electron chi connectivity index (χ2n) is 5.32. The van der Waals surface area contributed by atoms with Gasteiger partial charge >= 0.3 is 0 Å². The lowest BCUT2D eigenvalue weighted by atomic mass is 10.2. The Balaban J connectivity index is 1.68. The number of ether oxygens (including phenoxy) is 1. The summed E-state index contributed by atoms with van der Waals surface area (Å²) >= 11 is 11.8. The Morgan fingerprint density at radius 1 is 1.07 bits per heavy atom. The number of pyridine rings is 1. The molecule has 7 nitrogen and oxygen atoms in total. The summed E-state index contributed by atoms with van der Waals surface area (Å²) in [5.41, 5.74) is 0.337. The first-order valence-corrected chi connectivity index (χ1v) is 8.33. The number of nitro benzene ring substituents is 1. The lowest BCUT2D eigenvalue weighted by Gasteiger charge is -2.08. The van der Waals surface area contributed by atoms with E-state index in [9.17, 15) is 14.9 Å². The van der Waals surface area contributed by atoms with Crippen molar-refractivity contribution in [2.24, 2.45) is 0 Å². The van der Waals surface area contributed by atoms with Gasteiger partial charge in [0.2, 0.25) is 5.88 Å². The third-order valence-electron chi connectivity index (χ3n) is 3.44. The number of hydrogen-bond donors (Lipinski definition) is 1. The van der Waals surface area contributed by atoms with Crippen LogP contribution in [0.1, 0.15) is 10.4 Å². The van der Waals surface area contributed by atoms with Crippen molar-refractivity contribution in [1.82, 2.24) is 4.98 Å². The zero-order valence-corrected chi connectivity index (χ0v) is 15.1. The first-order valence-electron chi connectivity index (χ1n) is 7.57. The summed E-state index contributed by atoms with van der Waals surface area (Å²) in [6.07, 6.45) is 1.42. The Morgan fingerprint density at radius 3 is 2.41 bits per heavy atom. The Hall–Kier alpha value is -3.16. The Kier molecular flexibility index (Phi) is 5.54. The van der Waals surface area contributed by atoms with Crippen molar-refractivity contribution in [3.63, 3.8) is 0 Å². The Bertz CT molecular complexity index is 992. The molecule has 1 N–H and O–H groups in total. The predicted octanol–water partition coefficient (Wildman–Crippen LogP) is 5.34. The number of nitrogens with one attached hydrogen (secondary N) is 1. The number of nitro groups is 1. The maximum absolute atomic E-state index is 12.3. The minimum Gasteiger partial charge on any atom is -0.439 e. The molecule has 0 aliphatic carbocycles. The van der Waals surface area contributed by atoms with Gasteiger partial charge in [0.25, 0.3) is 11.6 Å². The fourth-order valence-electron chi connectivity index (χ4n) is 2.14. The van der Waals surface area contributed by atoms with E-state index in [1.807, 2.05) is 0 Å². The number of halogens is 2. The lowest BCUT2D eigenvalue weighted by molar-refractivity contribution is -0.384. The van der Waals surface area contributed by atoms with E-state index in [0.717, 1.165) is 6.07 Å². The number of carbonyl (C=O) groups excluding carboxylic acids is 1. The Labute approximate surface area is 163 Å². The molecule has 0 spiro atoms. The quantitative estimate of drug-likeness (QED) is 0.458. The minimum atomic E-state index is -0.586. The summed E-state index contributed by atoms with van der Waals surface area (Å²) in [6, 6.07) is 13.6. The van der Waals surface area contributed by atoms with Crippen LogP contribution in [0.2, 0.25) is 10.0 Å². The van der Waals surface area contributed by atoms with Gasteiger partial charge in [-0.3, -0.25) is 14.9 Å². The number of rotatable bonds is 5. The summed E-state index contributed by atoms with van der Waals surface area (Å²) in [7, 11) is 0. The molecule has 0 atom stereocenters. The first kappa shape index (κ1) is 18.6. The van der Waals surface area contributed by atoms with E-state index < -0.39 is 10.8 Å². The molecule has 0 saturated heterocycles. The smallest absolute Gasteiger partial charge is 0.270 e. The number of non-ortho nitro benzene ring substituents is 1. The zero-order chi connectivity index (χ0) is 19.4. The van der Waals surface area contributed by atoms with Crippen molar-refractivity contribution in [1.29, 1.82) is 0 Å². The van der Waals surface area contributed by atoms with Crippen LogP contribution < -0.4 is 10.1 Å². The monoisotopic (exact) mass is 403 g/mol. The molecule has 3 rings (SSSR count). The third kappa shape index (κ3) is 4.72. The zero-order valence-electron chi connectivity index (χ0n) is 13.6. The lowest BCUT2D eigenvalue weighted by Crippen LogP contribution is -2.12. The van der Waals surface area contributed by atoms with E-state index in [1.165, 1.54) is 18.3 Å². The minimum absolute atomic E-state index is 0.0163. The van der Waals surface area contributed by atoms with Crippen LogP contribution in [0.15, 0.2) is 60.8 Å². The SMILES string of the molecule is O=C(Nc1ccc(Oc2ccc(Cl)cc2)nc1)c1ccc([N+](=O)[O-])cc1Cl. The summed E-state index contributed by atoms with van der Waals surface area (Å²) in [6.45, 7) is 0. The number of nitrogens with zero attached hydrogens (tertiary/aromatic N) is 2. The van der Waals surface area contributed by atoms with Crippen LogP contribution in [0.5, 0.6) is 11.6 Å². The van der Waals surface area contributed by atoms with Crippen LogP contribution in [0.25, 0.3) is 0 Å². The van der Waals surface area contributed by atoms with E-state index in [4.69, 9.17) is 27.9 Å². The van der Waals surface area contributed by atoms with Gasteiger partial charge in [-0.25, -0.2) is 4.98 Å². The van der Waals surface area contributed by atoms with Crippen LogP contribution >= 0.6 is 23.2 Å². The summed E-state index contributed by atoms with van der Waals surface area (Å²) in [4.78, 5) is 26.5. The van der Waals surface area contributed by atoms with Crippen molar-refractivity contribution >= 4 is 40.5 Å². The molecule has 1 amide bonds. The number of hydrogen-bond acceptors (Lipinski definition) is 5. The molecule has 136 valence electrons. The standard InChI is InChI=1S/C18H11Cl2N3O4/c19-11-1-5-14(6-2-11)27-17-8-3-12(10-21-17)22-18(24)15-7-4-13(23(25)26)9-16(15)20/h1-10H,(H,22,24). The molecule has 0 aliphatic rings. The van der Waals surface area contributed by atoms with E-state index in [1.54, 1.807) is 36.4 Å². The predicted molar refractivity (Wildman–Crippen MR) is 102 cm³/mol. The van der Waals surface area contributed by atoms with Gasteiger partial charge in [0.1, 0.15) is 5.75 Å². The normalized spacial score (nSPS) is 10.3. The van der Waals surface area contributed by atoms with Gasteiger partial charge in [-0.05, 0) is 36.4 Å². The van der Waals surface area contributed by atoms with Crippen LogP contribution in [0, 0.1) is 10.1 Å². The molecule has 1 aromatic heterocycles. The highest BCUT2D eigenvalue weighted by Crippen LogP contribution is 2.25. The average Bonchev–Trinajstić information content (AvgIpc) is 2.65. The van der Waals surface area contributed by atoms with Crippen molar-refractivity contribution in [2.45, 2.75) is 0 Å². The largest absolute Gasteiger partial charge is 0.439 e. The topological polar surface area (TPSA) is 94.4 Å². The van der Waals surface area contributed by atoms with Gasteiger partial charge < -0.3 is 10.1 Å². The van der Waals surface area contributed by atoms with Gasteiger partial charge in [-0.15, -0.1) is 0 Å². The van der Waals surface area contributed by atoms with Gasteiger partial charge in [0, 0.05) is 23.2 Å². The van der Waals surface area contributed by atoms with Gasteiger partial charge in [-0.2, -0.15) is 0 Å². The van der Waals surface area contributed by atoms with Crippen molar-refractivity contribution < 1.29 is 14.5 Å². The maximum Gasteiger partial charge on any atom is 0.270 e. The summed E-state index contributed by atoms with van der Waals surface area (Å²) in [5.74, 6) is 0.396. The number of carbonyl (C=O) groups is 1. The maximum atomic E-state index is 12.3. The number of aromatic nitrogens is 1. The van der Waals surface area contributed by atoms with Crippen LogP contribution in [-0.2, 0) is 0 Å². The number of anilines is 1. The molecule has 0 unspecified atom stereocenters. The van der Waals surface area contributed by atoms with Crippen molar-refractivity contribution in [3.05, 3.63) is 86.5 Å². The Morgan fingerprint density at radius 2 is 1.81 bits per heavy atom. The first-order chi connectivity index (χ1) is 12.9. The second kappa shape index (κ2) is 8.03. The van der Waals surface area contributed by atoms with Gasteiger partial charge in [0.15, 0.2) is 0 Å². The molecule has 1 heterocycles. The molecule has 0 bridgehead atoms. The molecule has 0 fully saturated rings. The highest BCUT2D eigenvalue weighted by atomic mass is 35.5. The molecule has 9 heteroatoms. The number of amides is 1. The number of benzene rings is 2. The fraction of sp³-hybridized carbons (Fsp3) is 0. The molecule has 3 aromatic rings. The van der Waals surface area contributed by atoms with E-state index in [0.29, 0.717) is 22.3 Å². The summed E-state index contributed by atoms with van der Waals surface area (Å²) in [5, 5.41) is 13.9. The van der Waals surface area contributed by atoms with Crippen molar-refractivity contribution in [3.8, 4) is 11.6 Å². The third-order valence-corrected chi connectivity index (χ3v) is 4.00. The molecular formula is C18H11Cl2N3O4. The highest BCUT2D eigenvalue weighted by molar-refractivity contribution is 6.34. The molecule has 0 radical (unpaired) electrons. The van der Waals surface area contributed by atoms with Crippen LogP contribution in [0.4, 0.5) is 11.4 Å². The fourth-order valence-corrected chi connectivity index (χ4v) is 2.52. The molecule has 27 heavy (non-hydrogen) atoms. The highest BCUT2D eigenvalue weighted by Gasteiger charge is 2.15. The molecule has 2 aromatic carbocycles. The molecule has 0 saturated carbocycles. The van der Waals surface area contributed by atoms with Gasteiger partial charge in [-0.1, -0.05) is 23.2 Å². The van der Waals surface area contributed by atoms with E-state index in [2.05, 4.69) is 10.3 Å². The van der Waals surface area contributed by atoms with Gasteiger partial charge in [0.05, 0.1) is 27.4 Å². The molecular weight excluding hydrogens is 393 g/mol. The average molecular weight is 404 g/mol. The molecule has 0 aliphatic heterocycles. The summed E-state index contributed by atoms with van der Waals surface area (Å²) < 4.78 is 5.57. The van der Waals surface area contributed by atoms with E-state index >= 15 is 0 Å².